The molecule has 2 aliphatic heterocycles. The zero-order valence-corrected chi connectivity index (χ0v) is 23.8. The molecule has 1 N–H and O–H groups in total. The number of carbonyl (C=O) groups is 2. The fourth-order valence-electron chi connectivity index (χ4n) is 5.03. The first-order chi connectivity index (χ1) is 18.7. The molecule has 1 amide bonds. The molecule has 3 heterocycles. The highest BCUT2D eigenvalue weighted by molar-refractivity contribution is 7.91. The number of piperidine rings is 1. The van der Waals surface area contributed by atoms with Crippen molar-refractivity contribution in [3.8, 4) is 0 Å². The summed E-state index contributed by atoms with van der Waals surface area (Å²) in [4.78, 5) is 29.6. The van der Waals surface area contributed by atoms with Crippen molar-refractivity contribution >= 4 is 60.8 Å². The van der Waals surface area contributed by atoms with Crippen molar-refractivity contribution in [2.75, 3.05) is 39.8 Å². The summed E-state index contributed by atoms with van der Waals surface area (Å²) in [5.74, 6) is -0.645. The SMILES string of the molecule is COC(=O)C1CN(S(=O)(=O)c2cc3ccc(Cl)cc3s2)CCN1C(=O)c1ccc(C(=N)N2CCCCC2)cc1. The van der Waals surface area contributed by atoms with Crippen molar-refractivity contribution < 1.29 is 22.7 Å². The van der Waals surface area contributed by atoms with Crippen LogP contribution in [-0.4, -0.2) is 86.1 Å². The number of amides is 1. The lowest BCUT2D eigenvalue weighted by Crippen LogP contribution is -2.59. The summed E-state index contributed by atoms with van der Waals surface area (Å²) < 4.78 is 34.1. The average Bonchev–Trinajstić information content (AvgIpc) is 3.40. The van der Waals surface area contributed by atoms with Gasteiger partial charge in [0.1, 0.15) is 16.1 Å². The van der Waals surface area contributed by atoms with E-state index in [1.165, 1.54) is 22.7 Å². The van der Waals surface area contributed by atoms with Gasteiger partial charge in [-0.25, -0.2) is 13.2 Å². The Hall–Kier alpha value is -2.99. The molecule has 1 aromatic heterocycles. The van der Waals surface area contributed by atoms with Crippen LogP contribution >= 0.6 is 22.9 Å². The number of likely N-dealkylation sites (tertiary alicyclic amines) is 1. The molecular formula is C27H29ClN4O5S2. The number of sulfonamides is 1. The van der Waals surface area contributed by atoms with Crippen LogP contribution in [0, 0.1) is 5.41 Å². The number of halogens is 1. The number of carbonyl (C=O) groups excluding carboxylic acids is 2. The topological polar surface area (TPSA) is 111 Å². The summed E-state index contributed by atoms with van der Waals surface area (Å²) in [5, 5.41) is 9.79. The Morgan fingerprint density at radius 3 is 2.36 bits per heavy atom. The molecule has 1 atom stereocenters. The summed E-state index contributed by atoms with van der Waals surface area (Å²) in [7, 11) is -2.70. The normalized spacial score (nSPS) is 18.8. The number of methoxy groups -OCH3 is 1. The number of esters is 1. The maximum atomic E-state index is 13.5. The Morgan fingerprint density at radius 2 is 1.67 bits per heavy atom. The van der Waals surface area contributed by atoms with E-state index in [1.807, 2.05) is 4.90 Å². The zero-order valence-electron chi connectivity index (χ0n) is 21.4. The number of hydrogen-bond donors (Lipinski definition) is 1. The monoisotopic (exact) mass is 588 g/mol. The third kappa shape index (κ3) is 5.54. The van der Waals surface area contributed by atoms with Gasteiger partial charge >= 0.3 is 5.97 Å². The molecule has 2 saturated heterocycles. The molecular weight excluding hydrogens is 560 g/mol. The third-order valence-corrected chi connectivity index (χ3v) is 10.9. The molecule has 0 bridgehead atoms. The Morgan fingerprint density at radius 1 is 0.974 bits per heavy atom. The summed E-state index contributed by atoms with van der Waals surface area (Å²) in [6, 6.07) is 12.5. The molecule has 9 nitrogen and oxygen atoms in total. The predicted octanol–water partition coefficient (Wildman–Crippen LogP) is 4.05. The summed E-state index contributed by atoms with van der Waals surface area (Å²) >= 11 is 7.18. The second-order valence-electron chi connectivity index (χ2n) is 9.62. The Bertz CT molecular complexity index is 1520. The highest BCUT2D eigenvalue weighted by Gasteiger charge is 2.41. The minimum atomic E-state index is -3.92. The number of hydrogen-bond acceptors (Lipinski definition) is 7. The van der Waals surface area contributed by atoms with E-state index in [0.29, 0.717) is 16.4 Å². The molecule has 0 aliphatic carbocycles. The number of nitrogens with zero attached hydrogens (tertiary/aromatic N) is 3. The van der Waals surface area contributed by atoms with Crippen LogP contribution < -0.4 is 0 Å². The lowest BCUT2D eigenvalue weighted by atomic mass is 10.1. The van der Waals surface area contributed by atoms with E-state index in [4.69, 9.17) is 21.7 Å². The molecule has 1 unspecified atom stereocenters. The highest BCUT2D eigenvalue weighted by atomic mass is 35.5. The van der Waals surface area contributed by atoms with Crippen LogP contribution in [0.15, 0.2) is 52.7 Å². The maximum Gasteiger partial charge on any atom is 0.329 e. The molecule has 3 aromatic rings. The molecule has 0 radical (unpaired) electrons. The van der Waals surface area contributed by atoms with Gasteiger partial charge in [0, 0.05) is 53.6 Å². The number of thiophene rings is 1. The fourth-order valence-corrected chi connectivity index (χ4v) is 8.30. The van der Waals surface area contributed by atoms with Gasteiger partial charge in [-0.05, 0) is 55.0 Å². The smallest absolute Gasteiger partial charge is 0.329 e. The van der Waals surface area contributed by atoms with E-state index in [-0.39, 0.29) is 23.8 Å². The second kappa shape index (κ2) is 11.2. The van der Waals surface area contributed by atoms with E-state index in [0.717, 1.165) is 52.9 Å². The molecule has 206 valence electrons. The maximum absolute atomic E-state index is 13.5. The number of benzene rings is 2. The van der Waals surface area contributed by atoms with E-state index in [1.54, 1.807) is 48.5 Å². The van der Waals surface area contributed by atoms with Gasteiger partial charge in [0.25, 0.3) is 15.9 Å². The Labute approximate surface area is 236 Å². The van der Waals surface area contributed by atoms with Crippen LogP contribution in [0.1, 0.15) is 35.2 Å². The van der Waals surface area contributed by atoms with E-state index in [2.05, 4.69) is 0 Å². The number of ether oxygens (including phenoxy) is 1. The Kier molecular flexibility index (Phi) is 7.95. The number of fused-ring (bicyclic) bond motifs is 1. The van der Waals surface area contributed by atoms with Crippen molar-refractivity contribution in [2.24, 2.45) is 0 Å². The standard InChI is InChI=1S/C27H29ClN4O5S2/c1-37-27(34)22-17-31(39(35,36)24-15-20-9-10-21(28)16-23(20)38-24)13-14-32(22)26(33)19-7-5-18(6-8-19)25(29)30-11-3-2-4-12-30/h5-10,15-16,22,29H,2-4,11-14,17H2,1H3. The molecule has 5 rings (SSSR count). The fraction of sp³-hybridized carbons (Fsp3) is 0.370. The predicted molar refractivity (Wildman–Crippen MR) is 151 cm³/mol. The van der Waals surface area contributed by atoms with Crippen molar-refractivity contribution in [3.63, 3.8) is 0 Å². The third-order valence-electron chi connectivity index (χ3n) is 7.21. The number of nitrogens with one attached hydrogen (secondary N) is 1. The van der Waals surface area contributed by atoms with Crippen molar-refractivity contribution in [3.05, 3.63) is 64.7 Å². The summed E-state index contributed by atoms with van der Waals surface area (Å²) in [6.45, 7) is 1.55. The molecule has 2 fully saturated rings. The average molecular weight is 589 g/mol. The molecule has 2 aliphatic rings. The molecule has 0 saturated carbocycles. The van der Waals surface area contributed by atoms with Crippen LogP contribution in [0.3, 0.4) is 0 Å². The van der Waals surface area contributed by atoms with Crippen molar-refractivity contribution in [1.82, 2.24) is 14.1 Å². The zero-order chi connectivity index (χ0) is 27.7. The molecule has 12 heteroatoms. The van der Waals surface area contributed by atoms with Crippen LogP contribution in [0.25, 0.3) is 10.1 Å². The molecule has 2 aromatic carbocycles. The van der Waals surface area contributed by atoms with Gasteiger partial charge in [0.15, 0.2) is 0 Å². The minimum Gasteiger partial charge on any atom is -0.467 e. The largest absolute Gasteiger partial charge is 0.467 e. The highest BCUT2D eigenvalue weighted by Crippen LogP contribution is 2.33. The van der Waals surface area contributed by atoms with Gasteiger partial charge in [-0.3, -0.25) is 10.2 Å². The lowest BCUT2D eigenvalue weighted by Gasteiger charge is -2.39. The van der Waals surface area contributed by atoms with E-state index in [9.17, 15) is 18.0 Å². The van der Waals surface area contributed by atoms with Gasteiger partial charge in [-0.1, -0.05) is 29.8 Å². The minimum absolute atomic E-state index is 0.0277. The number of rotatable bonds is 5. The first-order valence-corrected chi connectivity index (χ1v) is 15.3. The molecule has 0 spiro atoms. The van der Waals surface area contributed by atoms with Crippen LogP contribution in [0.2, 0.25) is 5.02 Å². The first-order valence-electron chi connectivity index (χ1n) is 12.7. The van der Waals surface area contributed by atoms with Crippen LogP contribution in [0.4, 0.5) is 0 Å². The first kappa shape index (κ1) is 27.6. The van der Waals surface area contributed by atoms with E-state index < -0.39 is 27.9 Å². The Balaban J connectivity index is 1.34. The lowest BCUT2D eigenvalue weighted by molar-refractivity contribution is -0.147. The van der Waals surface area contributed by atoms with Crippen LogP contribution in [0.5, 0.6) is 0 Å². The summed E-state index contributed by atoms with van der Waals surface area (Å²) in [5.41, 5.74) is 1.08. The quantitative estimate of drug-likeness (QED) is 0.273. The van der Waals surface area contributed by atoms with Gasteiger partial charge in [0.2, 0.25) is 0 Å². The van der Waals surface area contributed by atoms with Crippen LogP contribution in [-0.2, 0) is 19.6 Å². The number of piperazine rings is 1. The number of amidine groups is 1. The van der Waals surface area contributed by atoms with E-state index >= 15 is 0 Å². The van der Waals surface area contributed by atoms with Crippen molar-refractivity contribution in [1.29, 1.82) is 5.41 Å². The second-order valence-corrected chi connectivity index (χ2v) is 13.3. The van der Waals surface area contributed by atoms with Gasteiger partial charge in [-0.2, -0.15) is 4.31 Å². The summed E-state index contributed by atoms with van der Waals surface area (Å²) in [6.07, 6.45) is 3.30. The van der Waals surface area contributed by atoms with Gasteiger partial charge < -0.3 is 14.5 Å². The van der Waals surface area contributed by atoms with Gasteiger partial charge in [0.05, 0.1) is 7.11 Å². The van der Waals surface area contributed by atoms with Gasteiger partial charge in [-0.15, -0.1) is 11.3 Å². The molecule has 39 heavy (non-hydrogen) atoms. The van der Waals surface area contributed by atoms with Crippen molar-refractivity contribution in [2.45, 2.75) is 29.5 Å².